The molecule has 4 rings (SSSR count). The predicted octanol–water partition coefficient (Wildman–Crippen LogP) is 4.69. The zero-order valence-corrected chi connectivity index (χ0v) is 17.6. The van der Waals surface area contributed by atoms with Crippen LogP contribution in [0.5, 0.6) is 0 Å². The number of Topliss-reactive ketones (excluding diaryl/α,β-unsaturated/α-hetero) is 1. The van der Waals surface area contributed by atoms with Gasteiger partial charge in [0.15, 0.2) is 5.78 Å². The molecule has 0 radical (unpaired) electrons. The number of amides is 2. The van der Waals surface area contributed by atoms with Crippen molar-refractivity contribution < 1.29 is 14.4 Å². The Balaban J connectivity index is 1.70. The van der Waals surface area contributed by atoms with Crippen molar-refractivity contribution in [2.45, 2.75) is 6.04 Å². The molecule has 33 heavy (non-hydrogen) atoms. The molecule has 2 N–H and O–H groups in total. The molecule has 0 bridgehead atoms. The van der Waals surface area contributed by atoms with E-state index in [0.717, 1.165) is 0 Å². The molecule has 1 unspecified atom stereocenters. The Hall–Kier alpha value is -4.58. The molecule has 0 aliphatic heterocycles. The highest BCUT2D eigenvalue weighted by molar-refractivity contribution is 6.07. The summed E-state index contributed by atoms with van der Waals surface area (Å²) in [4.78, 5) is 43.5. The number of pyridine rings is 1. The van der Waals surface area contributed by atoms with Gasteiger partial charge in [0, 0.05) is 22.9 Å². The van der Waals surface area contributed by atoms with Gasteiger partial charge < -0.3 is 10.6 Å². The van der Waals surface area contributed by atoms with Crippen LogP contribution in [0.3, 0.4) is 0 Å². The number of nitrogens with one attached hydrogen (secondary N) is 2. The van der Waals surface area contributed by atoms with Gasteiger partial charge in [-0.2, -0.15) is 0 Å². The van der Waals surface area contributed by atoms with Crippen LogP contribution in [0.25, 0.3) is 0 Å². The summed E-state index contributed by atoms with van der Waals surface area (Å²) in [6.45, 7) is 0. The highest BCUT2D eigenvalue weighted by Gasteiger charge is 2.28. The number of hydrogen-bond acceptors (Lipinski definition) is 4. The van der Waals surface area contributed by atoms with Crippen LogP contribution in [0.15, 0.2) is 109 Å². The Morgan fingerprint density at radius 3 is 1.70 bits per heavy atom. The van der Waals surface area contributed by atoms with Gasteiger partial charge in [0.25, 0.3) is 11.8 Å². The minimum atomic E-state index is -1.10. The number of carbonyl (C=O) groups excluding carboxylic acids is 3. The van der Waals surface area contributed by atoms with Crippen LogP contribution >= 0.6 is 0 Å². The van der Waals surface area contributed by atoms with Crippen molar-refractivity contribution >= 4 is 23.3 Å². The van der Waals surface area contributed by atoms with Gasteiger partial charge in [-0.1, -0.05) is 66.7 Å². The zero-order chi connectivity index (χ0) is 23.0. The summed E-state index contributed by atoms with van der Waals surface area (Å²) in [5.74, 6) is -1.10. The number of hydrogen-bond donors (Lipinski definition) is 2. The van der Waals surface area contributed by atoms with Crippen molar-refractivity contribution in [2.24, 2.45) is 0 Å². The Bertz CT molecular complexity index is 1260. The van der Waals surface area contributed by atoms with Crippen molar-refractivity contribution in [2.75, 3.05) is 5.32 Å². The number of carbonyl (C=O) groups is 3. The molecule has 0 saturated heterocycles. The molecule has 0 spiro atoms. The monoisotopic (exact) mass is 435 g/mol. The third-order valence-electron chi connectivity index (χ3n) is 5.03. The van der Waals surface area contributed by atoms with Crippen molar-refractivity contribution in [3.8, 4) is 0 Å². The summed E-state index contributed by atoms with van der Waals surface area (Å²) in [6.07, 6.45) is 1.52. The average Bonchev–Trinajstić information content (AvgIpc) is 2.89. The first kappa shape index (κ1) is 21.6. The maximum atomic E-state index is 13.5. The van der Waals surface area contributed by atoms with Gasteiger partial charge in [-0.3, -0.25) is 19.4 Å². The van der Waals surface area contributed by atoms with E-state index < -0.39 is 11.9 Å². The minimum Gasteiger partial charge on any atom is -0.336 e. The van der Waals surface area contributed by atoms with Crippen molar-refractivity contribution in [3.63, 3.8) is 0 Å². The summed E-state index contributed by atoms with van der Waals surface area (Å²) < 4.78 is 0. The summed E-state index contributed by atoms with van der Waals surface area (Å²) in [5.41, 5.74) is 1.89. The molecule has 1 aromatic heterocycles. The van der Waals surface area contributed by atoms with Gasteiger partial charge in [-0.05, 0) is 36.4 Å². The van der Waals surface area contributed by atoms with Gasteiger partial charge in [0.1, 0.15) is 6.04 Å². The molecule has 2 amide bonds. The third kappa shape index (κ3) is 5.19. The van der Waals surface area contributed by atoms with Gasteiger partial charge >= 0.3 is 0 Å². The Morgan fingerprint density at radius 2 is 1.12 bits per heavy atom. The molecule has 6 nitrogen and oxygen atoms in total. The first-order chi connectivity index (χ1) is 16.1. The maximum absolute atomic E-state index is 13.5. The van der Waals surface area contributed by atoms with Crippen LogP contribution in [0.1, 0.15) is 42.8 Å². The molecular weight excluding hydrogens is 414 g/mol. The maximum Gasteiger partial charge on any atom is 0.255 e. The number of benzene rings is 3. The van der Waals surface area contributed by atoms with E-state index in [2.05, 4.69) is 15.6 Å². The second-order valence-corrected chi connectivity index (χ2v) is 7.26. The van der Waals surface area contributed by atoms with Crippen LogP contribution in [0.2, 0.25) is 0 Å². The van der Waals surface area contributed by atoms with Crippen LogP contribution in [0, 0.1) is 0 Å². The average molecular weight is 435 g/mol. The van der Waals surface area contributed by atoms with E-state index in [1.165, 1.54) is 6.20 Å². The lowest BCUT2D eigenvalue weighted by Crippen LogP contribution is -2.35. The molecule has 4 aromatic rings. The quantitative estimate of drug-likeness (QED) is 0.412. The van der Waals surface area contributed by atoms with E-state index in [0.29, 0.717) is 22.4 Å². The van der Waals surface area contributed by atoms with Crippen LogP contribution in [0.4, 0.5) is 5.69 Å². The summed E-state index contributed by atoms with van der Waals surface area (Å²) in [7, 11) is 0. The standard InChI is InChI=1S/C27H21N3O3/c31-25(19-11-4-1-5-12-19)24(30-27(33)21-15-8-3-9-16-21)23-22(17-10-18-28-23)29-26(32)20-13-6-2-7-14-20/h1-18,24H,(H,29,32)(H,30,33). The van der Waals surface area contributed by atoms with Crippen molar-refractivity contribution in [3.05, 3.63) is 132 Å². The molecule has 162 valence electrons. The lowest BCUT2D eigenvalue weighted by atomic mass is 9.99. The molecule has 1 heterocycles. The van der Waals surface area contributed by atoms with E-state index in [1.54, 1.807) is 97.1 Å². The van der Waals surface area contributed by atoms with Gasteiger partial charge in [-0.25, -0.2) is 0 Å². The van der Waals surface area contributed by atoms with E-state index in [1.807, 2.05) is 6.07 Å². The number of ketones is 1. The molecule has 6 heteroatoms. The highest BCUT2D eigenvalue weighted by atomic mass is 16.2. The molecule has 1 atom stereocenters. The van der Waals surface area contributed by atoms with Crippen molar-refractivity contribution in [1.82, 2.24) is 10.3 Å². The fraction of sp³-hybridized carbons (Fsp3) is 0.0370. The smallest absolute Gasteiger partial charge is 0.255 e. The van der Waals surface area contributed by atoms with E-state index >= 15 is 0 Å². The number of rotatable bonds is 7. The van der Waals surface area contributed by atoms with Crippen LogP contribution in [-0.4, -0.2) is 22.6 Å². The number of nitrogens with zero attached hydrogens (tertiary/aromatic N) is 1. The summed E-state index contributed by atoms with van der Waals surface area (Å²) in [5, 5.41) is 5.62. The Labute approximate surface area is 191 Å². The molecule has 0 saturated carbocycles. The first-order valence-corrected chi connectivity index (χ1v) is 10.4. The molecule has 3 aromatic carbocycles. The van der Waals surface area contributed by atoms with Crippen LogP contribution < -0.4 is 10.6 Å². The molecule has 0 aliphatic carbocycles. The SMILES string of the molecule is O=C(Nc1cccnc1C(NC(=O)c1ccccc1)C(=O)c1ccccc1)c1ccccc1. The Kier molecular flexibility index (Phi) is 6.66. The van der Waals surface area contributed by atoms with E-state index in [9.17, 15) is 14.4 Å². The second-order valence-electron chi connectivity index (χ2n) is 7.26. The fourth-order valence-corrected chi connectivity index (χ4v) is 3.37. The van der Waals surface area contributed by atoms with Crippen molar-refractivity contribution in [1.29, 1.82) is 0 Å². The number of anilines is 1. The predicted molar refractivity (Wildman–Crippen MR) is 126 cm³/mol. The zero-order valence-electron chi connectivity index (χ0n) is 17.6. The minimum absolute atomic E-state index is 0.250. The second kappa shape index (κ2) is 10.2. The lowest BCUT2D eigenvalue weighted by molar-refractivity contribution is 0.0855. The third-order valence-corrected chi connectivity index (χ3v) is 5.03. The topological polar surface area (TPSA) is 88.2 Å². The normalized spacial score (nSPS) is 11.3. The largest absolute Gasteiger partial charge is 0.336 e. The summed E-state index contributed by atoms with van der Waals surface area (Å²) in [6, 6.07) is 28.2. The first-order valence-electron chi connectivity index (χ1n) is 10.4. The molecule has 0 fully saturated rings. The number of aromatic nitrogens is 1. The van der Waals surface area contributed by atoms with Gasteiger partial charge in [0.05, 0.1) is 11.4 Å². The van der Waals surface area contributed by atoms with Crippen LogP contribution in [-0.2, 0) is 0 Å². The highest BCUT2D eigenvalue weighted by Crippen LogP contribution is 2.25. The summed E-state index contributed by atoms with van der Waals surface area (Å²) >= 11 is 0. The molecule has 0 aliphatic rings. The Morgan fingerprint density at radius 1 is 0.606 bits per heavy atom. The van der Waals surface area contributed by atoms with E-state index in [4.69, 9.17) is 0 Å². The molecular formula is C27H21N3O3. The fourth-order valence-electron chi connectivity index (χ4n) is 3.37. The van der Waals surface area contributed by atoms with Gasteiger partial charge in [-0.15, -0.1) is 0 Å². The lowest BCUT2D eigenvalue weighted by Gasteiger charge is -2.20. The van der Waals surface area contributed by atoms with Gasteiger partial charge in [0.2, 0.25) is 0 Å². The van der Waals surface area contributed by atoms with E-state index in [-0.39, 0.29) is 17.4 Å².